The molecule has 0 radical (unpaired) electrons. The third kappa shape index (κ3) is 5.21. The minimum absolute atomic E-state index is 0.660. The lowest BCUT2D eigenvalue weighted by molar-refractivity contribution is 0.748. The molecule has 90 valence electrons. The Morgan fingerprint density at radius 1 is 1.31 bits per heavy atom. The van der Waals surface area contributed by atoms with Gasteiger partial charge in [0.2, 0.25) is 5.95 Å². The standard InChI is InChI=1S/C11H20N4S/c1-12-11-14-8-6-10(15-11)13-7-4-3-5-9-16-2/h6,8H,3-5,7,9H2,1-2H3,(H2,12,13,14,15). The second-order valence-electron chi connectivity index (χ2n) is 3.50. The van der Waals surface area contributed by atoms with Gasteiger partial charge in [0.1, 0.15) is 5.82 Å². The van der Waals surface area contributed by atoms with Crippen LogP contribution in [-0.2, 0) is 0 Å². The summed E-state index contributed by atoms with van der Waals surface area (Å²) < 4.78 is 0. The summed E-state index contributed by atoms with van der Waals surface area (Å²) in [6.07, 6.45) is 7.68. The van der Waals surface area contributed by atoms with Crippen LogP contribution in [0.25, 0.3) is 0 Å². The Labute approximate surface area is 102 Å². The summed E-state index contributed by atoms with van der Waals surface area (Å²) in [5, 5.41) is 6.22. The molecule has 0 amide bonds. The average molecular weight is 240 g/mol. The molecule has 0 saturated carbocycles. The van der Waals surface area contributed by atoms with Crippen molar-refractivity contribution in [3.8, 4) is 0 Å². The van der Waals surface area contributed by atoms with Gasteiger partial charge in [-0.05, 0) is 30.9 Å². The van der Waals surface area contributed by atoms with Gasteiger partial charge in [0.05, 0.1) is 0 Å². The molecule has 5 heteroatoms. The zero-order valence-electron chi connectivity index (χ0n) is 9.99. The Morgan fingerprint density at radius 2 is 2.19 bits per heavy atom. The van der Waals surface area contributed by atoms with Crippen molar-refractivity contribution in [1.29, 1.82) is 0 Å². The zero-order valence-corrected chi connectivity index (χ0v) is 10.8. The first-order chi connectivity index (χ1) is 7.86. The zero-order chi connectivity index (χ0) is 11.6. The fraction of sp³-hybridized carbons (Fsp3) is 0.636. The maximum absolute atomic E-state index is 4.29. The van der Waals surface area contributed by atoms with Crippen LogP contribution in [0.2, 0.25) is 0 Å². The van der Waals surface area contributed by atoms with Crippen molar-refractivity contribution in [2.24, 2.45) is 0 Å². The topological polar surface area (TPSA) is 49.8 Å². The van der Waals surface area contributed by atoms with Crippen LogP contribution in [-0.4, -0.2) is 35.6 Å². The number of nitrogens with zero attached hydrogens (tertiary/aromatic N) is 2. The number of nitrogens with one attached hydrogen (secondary N) is 2. The van der Waals surface area contributed by atoms with E-state index in [0.29, 0.717) is 5.95 Å². The highest BCUT2D eigenvalue weighted by molar-refractivity contribution is 7.98. The van der Waals surface area contributed by atoms with Gasteiger partial charge in [0.25, 0.3) is 0 Å². The minimum Gasteiger partial charge on any atom is -0.370 e. The van der Waals surface area contributed by atoms with Crippen LogP contribution in [0.1, 0.15) is 19.3 Å². The van der Waals surface area contributed by atoms with Crippen LogP contribution >= 0.6 is 11.8 Å². The first-order valence-corrected chi connectivity index (χ1v) is 7.00. The number of thioether (sulfide) groups is 1. The first-order valence-electron chi connectivity index (χ1n) is 5.60. The summed E-state index contributed by atoms with van der Waals surface area (Å²) in [7, 11) is 1.82. The van der Waals surface area contributed by atoms with E-state index in [9.17, 15) is 0 Å². The van der Waals surface area contributed by atoms with Gasteiger partial charge in [-0.1, -0.05) is 6.42 Å². The summed E-state index contributed by atoms with van der Waals surface area (Å²) in [5.41, 5.74) is 0. The lowest BCUT2D eigenvalue weighted by atomic mass is 10.2. The lowest BCUT2D eigenvalue weighted by Crippen LogP contribution is -2.05. The van der Waals surface area contributed by atoms with E-state index in [1.807, 2.05) is 24.9 Å². The van der Waals surface area contributed by atoms with Crippen molar-refractivity contribution in [3.05, 3.63) is 12.3 Å². The predicted molar refractivity (Wildman–Crippen MR) is 72.3 cm³/mol. The molecule has 1 rings (SSSR count). The monoisotopic (exact) mass is 240 g/mol. The van der Waals surface area contributed by atoms with E-state index < -0.39 is 0 Å². The molecule has 1 aromatic rings. The Hall–Kier alpha value is -0.970. The molecular formula is C11H20N4S. The van der Waals surface area contributed by atoms with Crippen LogP contribution in [0.3, 0.4) is 0 Å². The highest BCUT2D eigenvalue weighted by Gasteiger charge is 1.96. The third-order valence-corrected chi connectivity index (χ3v) is 2.91. The smallest absolute Gasteiger partial charge is 0.224 e. The van der Waals surface area contributed by atoms with Crippen molar-refractivity contribution < 1.29 is 0 Å². The molecule has 0 aliphatic heterocycles. The molecule has 0 aliphatic carbocycles. The number of anilines is 2. The van der Waals surface area contributed by atoms with Gasteiger partial charge in [-0.15, -0.1) is 0 Å². The van der Waals surface area contributed by atoms with Crippen LogP contribution in [0, 0.1) is 0 Å². The summed E-state index contributed by atoms with van der Waals surface area (Å²) in [4.78, 5) is 8.35. The van der Waals surface area contributed by atoms with Gasteiger partial charge in [-0.2, -0.15) is 16.7 Å². The molecule has 0 aliphatic rings. The molecule has 1 aromatic heterocycles. The molecule has 0 saturated heterocycles. The number of unbranched alkanes of at least 4 members (excludes halogenated alkanes) is 2. The summed E-state index contributed by atoms with van der Waals surface area (Å²) in [6.45, 7) is 0.981. The van der Waals surface area contributed by atoms with E-state index in [1.54, 1.807) is 6.20 Å². The molecule has 1 heterocycles. The Morgan fingerprint density at radius 3 is 2.94 bits per heavy atom. The number of hydrogen-bond donors (Lipinski definition) is 2. The van der Waals surface area contributed by atoms with Crippen molar-refractivity contribution in [3.63, 3.8) is 0 Å². The van der Waals surface area contributed by atoms with Crippen molar-refractivity contribution >= 4 is 23.5 Å². The van der Waals surface area contributed by atoms with Crippen LogP contribution < -0.4 is 10.6 Å². The number of aromatic nitrogens is 2. The third-order valence-electron chi connectivity index (χ3n) is 2.21. The molecule has 0 fully saturated rings. The SMILES string of the molecule is CNc1nccc(NCCCCCSC)n1. The van der Waals surface area contributed by atoms with Gasteiger partial charge in [-0.3, -0.25) is 0 Å². The average Bonchev–Trinajstić information content (AvgIpc) is 2.34. The first kappa shape index (κ1) is 13.1. The molecule has 0 unspecified atom stereocenters. The second kappa shape index (κ2) is 8.21. The van der Waals surface area contributed by atoms with Crippen molar-refractivity contribution in [2.75, 3.05) is 36.2 Å². The van der Waals surface area contributed by atoms with E-state index in [4.69, 9.17) is 0 Å². The van der Waals surface area contributed by atoms with E-state index in [0.717, 1.165) is 12.4 Å². The number of hydrogen-bond acceptors (Lipinski definition) is 5. The van der Waals surface area contributed by atoms with Crippen molar-refractivity contribution in [1.82, 2.24) is 9.97 Å². The molecule has 16 heavy (non-hydrogen) atoms. The minimum atomic E-state index is 0.660. The molecule has 4 nitrogen and oxygen atoms in total. The van der Waals surface area contributed by atoms with Gasteiger partial charge < -0.3 is 10.6 Å². The highest BCUT2D eigenvalue weighted by Crippen LogP contribution is 2.06. The molecule has 0 spiro atoms. The van der Waals surface area contributed by atoms with Gasteiger partial charge in [0, 0.05) is 19.8 Å². The quantitative estimate of drug-likeness (QED) is 0.684. The summed E-state index contributed by atoms with van der Waals surface area (Å²) in [6, 6.07) is 1.89. The number of rotatable bonds is 8. The summed E-state index contributed by atoms with van der Waals surface area (Å²) in [5.74, 6) is 2.81. The molecule has 2 N–H and O–H groups in total. The molecule has 0 atom stereocenters. The van der Waals surface area contributed by atoms with Crippen LogP contribution in [0.4, 0.5) is 11.8 Å². The second-order valence-corrected chi connectivity index (χ2v) is 4.48. The Balaban J connectivity index is 2.16. The van der Waals surface area contributed by atoms with E-state index >= 15 is 0 Å². The van der Waals surface area contributed by atoms with Crippen molar-refractivity contribution in [2.45, 2.75) is 19.3 Å². The Bertz CT molecular complexity index is 293. The fourth-order valence-electron chi connectivity index (χ4n) is 1.34. The molecular weight excluding hydrogens is 220 g/mol. The largest absolute Gasteiger partial charge is 0.370 e. The van der Waals surface area contributed by atoms with Gasteiger partial charge in [-0.25, -0.2) is 4.98 Å². The van der Waals surface area contributed by atoms with E-state index in [-0.39, 0.29) is 0 Å². The molecule has 0 aromatic carbocycles. The predicted octanol–water partition coefficient (Wildman–Crippen LogP) is 2.46. The maximum atomic E-state index is 4.29. The van der Waals surface area contributed by atoms with Crippen LogP contribution in [0.5, 0.6) is 0 Å². The Kier molecular flexibility index (Phi) is 6.72. The summed E-state index contributed by atoms with van der Waals surface area (Å²) >= 11 is 1.91. The van der Waals surface area contributed by atoms with Gasteiger partial charge in [0.15, 0.2) is 0 Å². The maximum Gasteiger partial charge on any atom is 0.224 e. The van der Waals surface area contributed by atoms with Crippen LogP contribution in [0.15, 0.2) is 12.3 Å². The highest BCUT2D eigenvalue weighted by atomic mass is 32.2. The lowest BCUT2D eigenvalue weighted by Gasteiger charge is -2.06. The van der Waals surface area contributed by atoms with Gasteiger partial charge >= 0.3 is 0 Å². The normalized spacial score (nSPS) is 10.1. The molecule has 0 bridgehead atoms. The van der Waals surface area contributed by atoms with E-state index in [1.165, 1.54) is 25.0 Å². The van der Waals surface area contributed by atoms with E-state index in [2.05, 4.69) is 26.9 Å². The fourth-order valence-corrected chi connectivity index (χ4v) is 1.84.